The highest BCUT2D eigenvalue weighted by Crippen LogP contribution is 2.35. The lowest BCUT2D eigenvalue weighted by molar-refractivity contribution is 0.314. The Morgan fingerprint density at radius 3 is 2.85 bits per heavy atom. The Hall–Kier alpha value is -1.24. The first-order valence-electron chi connectivity index (χ1n) is 4.61. The van der Waals surface area contributed by atoms with Gasteiger partial charge in [0.2, 0.25) is 0 Å². The van der Waals surface area contributed by atoms with Crippen LogP contribution in [0.2, 0.25) is 0 Å². The van der Waals surface area contributed by atoms with Crippen LogP contribution in [0.1, 0.15) is 23.1 Å². The van der Waals surface area contributed by atoms with E-state index in [1.165, 1.54) is 22.3 Å². The van der Waals surface area contributed by atoms with E-state index < -0.39 is 0 Å². The van der Waals surface area contributed by atoms with Gasteiger partial charge in [0, 0.05) is 12.0 Å². The van der Waals surface area contributed by atoms with Gasteiger partial charge in [0.25, 0.3) is 0 Å². The van der Waals surface area contributed by atoms with Gasteiger partial charge in [-0.15, -0.1) is 0 Å². The van der Waals surface area contributed by atoms with E-state index in [0.29, 0.717) is 0 Å². The maximum Gasteiger partial charge on any atom is 0.129 e. The molecule has 1 heterocycles. The first-order chi connectivity index (χ1) is 6.20. The van der Waals surface area contributed by atoms with E-state index in [1.54, 1.807) is 0 Å². The fraction of sp³-hybridized carbons (Fsp3) is 0.333. The van der Waals surface area contributed by atoms with Crippen LogP contribution in [-0.4, -0.2) is 6.61 Å². The van der Waals surface area contributed by atoms with Crippen molar-refractivity contribution in [1.82, 2.24) is 0 Å². The van der Waals surface area contributed by atoms with Crippen molar-refractivity contribution < 1.29 is 4.74 Å². The number of hydrogen-bond acceptors (Lipinski definition) is 1. The Bertz CT molecular complexity index is 364. The summed E-state index contributed by atoms with van der Waals surface area (Å²) in [5.74, 6) is 1.04. The van der Waals surface area contributed by atoms with Crippen molar-refractivity contribution in [2.75, 3.05) is 6.61 Å². The van der Waals surface area contributed by atoms with E-state index in [4.69, 9.17) is 4.74 Å². The molecule has 0 amide bonds. The number of ether oxygens (including phenoxy) is 1. The van der Waals surface area contributed by atoms with Crippen LogP contribution in [0.5, 0.6) is 5.75 Å². The van der Waals surface area contributed by atoms with E-state index in [2.05, 4.69) is 32.6 Å². The molecule has 1 aliphatic rings. The smallest absolute Gasteiger partial charge is 0.129 e. The number of hydrogen-bond donors (Lipinski definition) is 0. The Morgan fingerprint density at radius 1 is 1.31 bits per heavy atom. The number of aryl methyl sites for hydroxylation is 1. The summed E-state index contributed by atoms with van der Waals surface area (Å²) in [6.07, 6.45) is 0.954. The molecule has 0 radical (unpaired) electrons. The van der Waals surface area contributed by atoms with Crippen LogP contribution < -0.4 is 4.74 Å². The molecule has 1 aromatic carbocycles. The van der Waals surface area contributed by atoms with Crippen LogP contribution in [0, 0.1) is 13.8 Å². The summed E-state index contributed by atoms with van der Waals surface area (Å²) in [7, 11) is 0. The van der Waals surface area contributed by atoms with Gasteiger partial charge in [0.15, 0.2) is 0 Å². The molecule has 0 bridgehead atoms. The van der Waals surface area contributed by atoms with Crippen LogP contribution >= 0.6 is 0 Å². The second kappa shape index (κ2) is 2.91. The fourth-order valence-corrected chi connectivity index (χ4v) is 1.67. The molecule has 0 aliphatic carbocycles. The van der Waals surface area contributed by atoms with Crippen LogP contribution in [0.4, 0.5) is 0 Å². The molecular formula is C12H14O. The monoisotopic (exact) mass is 174 g/mol. The predicted octanol–water partition coefficient (Wildman–Crippen LogP) is 3.10. The molecule has 0 saturated carbocycles. The summed E-state index contributed by atoms with van der Waals surface area (Å²) in [6.45, 7) is 9.03. The lowest BCUT2D eigenvalue weighted by atomic mass is 9.96. The van der Waals surface area contributed by atoms with Gasteiger partial charge in [-0.3, -0.25) is 0 Å². The summed E-state index contributed by atoms with van der Waals surface area (Å²) in [4.78, 5) is 0. The molecule has 1 nitrogen and oxygen atoms in total. The van der Waals surface area contributed by atoms with Gasteiger partial charge in [-0.25, -0.2) is 0 Å². The molecule has 1 aromatic rings. The van der Waals surface area contributed by atoms with Crippen molar-refractivity contribution in [2.45, 2.75) is 20.3 Å². The minimum Gasteiger partial charge on any atom is -0.492 e. The third kappa shape index (κ3) is 1.24. The topological polar surface area (TPSA) is 9.23 Å². The molecule has 68 valence electrons. The van der Waals surface area contributed by atoms with Gasteiger partial charge in [-0.1, -0.05) is 18.7 Å². The summed E-state index contributed by atoms with van der Waals surface area (Å²) in [6, 6.07) is 4.24. The molecule has 1 aliphatic heterocycles. The zero-order valence-electron chi connectivity index (χ0n) is 8.18. The molecule has 0 N–H and O–H groups in total. The van der Waals surface area contributed by atoms with Crippen molar-refractivity contribution in [3.63, 3.8) is 0 Å². The van der Waals surface area contributed by atoms with Crippen LogP contribution in [0.15, 0.2) is 18.7 Å². The van der Waals surface area contributed by atoms with Crippen molar-refractivity contribution in [3.05, 3.63) is 35.4 Å². The second-order valence-electron chi connectivity index (χ2n) is 3.59. The first kappa shape index (κ1) is 8.36. The van der Waals surface area contributed by atoms with Gasteiger partial charge >= 0.3 is 0 Å². The Kier molecular flexibility index (Phi) is 1.87. The molecule has 0 atom stereocenters. The van der Waals surface area contributed by atoms with Crippen molar-refractivity contribution in [1.29, 1.82) is 0 Å². The van der Waals surface area contributed by atoms with E-state index in [0.717, 1.165) is 18.8 Å². The zero-order valence-corrected chi connectivity index (χ0v) is 8.18. The highest BCUT2D eigenvalue weighted by atomic mass is 16.5. The molecule has 2 rings (SSSR count). The number of rotatable bonds is 0. The highest BCUT2D eigenvalue weighted by Gasteiger charge is 2.16. The summed E-state index contributed by atoms with van der Waals surface area (Å²) in [5, 5.41) is 0. The fourth-order valence-electron chi connectivity index (χ4n) is 1.67. The lowest BCUT2D eigenvalue weighted by Crippen LogP contribution is -2.08. The minimum absolute atomic E-state index is 0.774. The Balaban J connectivity index is 2.63. The lowest BCUT2D eigenvalue weighted by Gasteiger charge is -2.22. The number of benzene rings is 1. The van der Waals surface area contributed by atoms with Crippen molar-refractivity contribution >= 4 is 5.57 Å². The summed E-state index contributed by atoms with van der Waals surface area (Å²) in [5.41, 5.74) is 4.92. The van der Waals surface area contributed by atoms with E-state index in [9.17, 15) is 0 Å². The predicted molar refractivity (Wildman–Crippen MR) is 55.1 cm³/mol. The van der Waals surface area contributed by atoms with Crippen LogP contribution in [0.25, 0.3) is 5.57 Å². The number of fused-ring (bicyclic) bond motifs is 1. The zero-order chi connectivity index (χ0) is 9.42. The van der Waals surface area contributed by atoms with Gasteiger partial charge in [0.05, 0.1) is 6.61 Å². The third-order valence-corrected chi connectivity index (χ3v) is 2.71. The normalized spacial score (nSPS) is 15.1. The molecule has 1 heteroatoms. The minimum atomic E-state index is 0.774. The average molecular weight is 174 g/mol. The van der Waals surface area contributed by atoms with Gasteiger partial charge in [0.1, 0.15) is 5.75 Å². The highest BCUT2D eigenvalue weighted by molar-refractivity contribution is 5.72. The third-order valence-electron chi connectivity index (χ3n) is 2.71. The molecule has 0 fully saturated rings. The van der Waals surface area contributed by atoms with Gasteiger partial charge in [-0.05, 0) is 30.5 Å². The standard InChI is InChI=1S/C12H14O/c1-8-4-5-11-9(2)6-7-13-12(11)10(8)3/h4-5H,2,6-7H2,1,3H3. The van der Waals surface area contributed by atoms with E-state index >= 15 is 0 Å². The van der Waals surface area contributed by atoms with Crippen LogP contribution in [-0.2, 0) is 0 Å². The summed E-state index contributed by atoms with van der Waals surface area (Å²) >= 11 is 0. The Labute approximate surface area is 79.0 Å². The average Bonchev–Trinajstić information content (AvgIpc) is 2.12. The largest absolute Gasteiger partial charge is 0.492 e. The summed E-state index contributed by atoms with van der Waals surface area (Å²) < 4.78 is 5.64. The maximum atomic E-state index is 5.64. The van der Waals surface area contributed by atoms with Crippen LogP contribution in [0.3, 0.4) is 0 Å². The molecule has 0 spiro atoms. The molecular weight excluding hydrogens is 160 g/mol. The molecule has 0 saturated heterocycles. The van der Waals surface area contributed by atoms with Gasteiger partial charge < -0.3 is 4.74 Å². The second-order valence-corrected chi connectivity index (χ2v) is 3.59. The van der Waals surface area contributed by atoms with E-state index in [1.807, 2.05) is 0 Å². The quantitative estimate of drug-likeness (QED) is 0.587. The van der Waals surface area contributed by atoms with Crippen molar-refractivity contribution in [2.24, 2.45) is 0 Å². The molecule has 13 heavy (non-hydrogen) atoms. The van der Waals surface area contributed by atoms with E-state index in [-0.39, 0.29) is 0 Å². The first-order valence-corrected chi connectivity index (χ1v) is 4.61. The van der Waals surface area contributed by atoms with Crippen molar-refractivity contribution in [3.8, 4) is 5.75 Å². The SMILES string of the molecule is C=C1CCOc2c1ccc(C)c2C. The maximum absolute atomic E-state index is 5.64. The molecule has 0 aromatic heterocycles. The van der Waals surface area contributed by atoms with Gasteiger partial charge in [-0.2, -0.15) is 0 Å². The Morgan fingerprint density at radius 2 is 2.08 bits per heavy atom. The molecule has 0 unspecified atom stereocenters.